The van der Waals surface area contributed by atoms with Crippen LogP contribution in [0.1, 0.15) is 18.1 Å². The highest BCUT2D eigenvalue weighted by molar-refractivity contribution is 7.57. The van der Waals surface area contributed by atoms with Gasteiger partial charge in [0.2, 0.25) is 7.37 Å². The molecule has 1 rings (SSSR count). The highest BCUT2D eigenvalue weighted by Crippen LogP contribution is 2.39. The summed E-state index contributed by atoms with van der Waals surface area (Å²) in [5.41, 5.74) is 1.91. The molecule has 0 aliphatic heterocycles. The first kappa shape index (κ1) is 18.8. The Morgan fingerprint density at radius 3 is 2.64 bits per heavy atom. The molecule has 0 spiro atoms. The van der Waals surface area contributed by atoms with Crippen molar-refractivity contribution >= 4 is 13.3 Å². The van der Waals surface area contributed by atoms with E-state index in [1.807, 2.05) is 25.1 Å². The van der Waals surface area contributed by atoms with Gasteiger partial charge in [0.25, 0.3) is 5.91 Å². The predicted molar refractivity (Wildman–Crippen MR) is 82.8 cm³/mol. The molecular weight excluding hydrogens is 307 g/mol. The molecule has 1 aromatic carbocycles. The summed E-state index contributed by atoms with van der Waals surface area (Å²) in [5.74, 6) is -1.93. The molecule has 1 aromatic rings. The van der Waals surface area contributed by atoms with Crippen LogP contribution < -0.4 is 5.32 Å². The zero-order chi connectivity index (χ0) is 16.8. The predicted octanol–water partition coefficient (Wildman–Crippen LogP) is 0.775. The van der Waals surface area contributed by atoms with Crippen molar-refractivity contribution in [1.29, 1.82) is 0 Å². The fourth-order valence-electron chi connectivity index (χ4n) is 1.78. The molecular formula is C14H23N2O5P. The summed E-state index contributed by atoms with van der Waals surface area (Å²) >= 11 is 0. The van der Waals surface area contributed by atoms with Crippen molar-refractivity contribution in [1.82, 2.24) is 10.4 Å². The Hall–Kier alpha value is -1.24. The topological polar surface area (TPSA) is 110 Å². The Morgan fingerprint density at radius 1 is 1.41 bits per heavy atom. The van der Waals surface area contributed by atoms with Crippen LogP contribution in [0.25, 0.3) is 0 Å². The van der Waals surface area contributed by atoms with Crippen molar-refractivity contribution in [3.05, 3.63) is 35.4 Å². The van der Waals surface area contributed by atoms with Gasteiger partial charge >= 0.3 is 0 Å². The molecule has 0 heterocycles. The minimum absolute atomic E-state index is 0.0564. The third-order valence-corrected chi connectivity index (χ3v) is 4.47. The summed E-state index contributed by atoms with van der Waals surface area (Å²) in [5, 5.41) is 22.0. The summed E-state index contributed by atoms with van der Waals surface area (Å²) < 4.78 is 11.1. The second-order valence-electron chi connectivity index (χ2n) is 5.18. The van der Waals surface area contributed by atoms with Crippen LogP contribution in [-0.2, 0) is 22.2 Å². The van der Waals surface area contributed by atoms with Crippen LogP contribution in [0.5, 0.6) is 0 Å². The number of carbonyl (C=O) groups is 1. The van der Waals surface area contributed by atoms with E-state index in [1.54, 1.807) is 6.07 Å². The maximum atomic E-state index is 11.9. The Labute approximate surface area is 130 Å². The van der Waals surface area contributed by atoms with E-state index in [4.69, 9.17) is 4.89 Å². The zero-order valence-electron chi connectivity index (χ0n) is 12.8. The van der Waals surface area contributed by atoms with Gasteiger partial charge in [0.1, 0.15) is 5.85 Å². The van der Waals surface area contributed by atoms with Crippen LogP contribution in [-0.4, -0.2) is 51.9 Å². The lowest BCUT2D eigenvalue weighted by Gasteiger charge is -2.19. The third kappa shape index (κ3) is 6.25. The third-order valence-electron chi connectivity index (χ3n) is 3.18. The van der Waals surface area contributed by atoms with Crippen molar-refractivity contribution in [2.45, 2.75) is 25.6 Å². The quantitative estimate of drug-likeness (QED) is 0.243. The summed E-state index contributed by atoms with van der Waals surface area (Å²) in [7, 11) is -3.60. The zero-order valence-corrected chi connectivity index (χ0v) is 13.7. The molecule has 0 aliphatic rings. The smallest absolute Gasteiger partial charge is 0.251 e. The number of hydrogen-bond acceptors (Lipinski definition) is 5. The number of nitrogens with zero attached hydrogens (tertiary/aromatic N) is 1. The van der Waals surface area contributed by atoms with E-state index < -0.39 is 19.1 Å². The average Bonchev–Trinajstić information content (AvgIpc) is 2.46. The molecule has 2 unspecified atom stereocenters. The molecule has 0 radical (unpaired) electrons. The molecule has 0 saturated carbocycles. The Morgan fingerprint density at radius 2 is 2.05 bits per heavy atom. The maximum Gasteiger partial charge on any atom is 0.251 e. The lowest BCUT2D eigenvalue weighted by atomic mass is 10.1. The van der Waals surface area contributed by atoms with Gasteiger partial charge in [0, 0.05) is 13.2 Å². The number of nitrogens with one attached hydrogen (secondary N) is 1. The standard InChI is InChI=1S/C14H23N2O5P/c1-3-11-5-4-6-12(7-11)8-13(17)16(19)10-15-9-14(18)22(2,20)21/h4-7,14-15,18-19H,3,8-10H2,1-2H3,(H,20,21). The molecule has 1 amide bonds. The van der Waals surface area contributed by atoms with Gasteiger partial charge in [-0.05, 0) is 17.5 Å². The van der Waals surface area contributed by atoms with Crippen molar-refractivity contribution in [2.24, 2.45) is 0 Å². The number of aryl methyl sites for hydroxylation is 1. The van der Waals surface area contributed by atoms with E-state index in [-0.39, 0.29) is 19.6 Å². The molecule has 124 valence electrons. The molecule has 2 atom stereocenters. The first-order valence-electron chi connectivity index (χ1n) is 6.99. The SMILES string of the molecule is CCc1cccc(CC(=O)N(O)CNCC(O)P(C)(=O)O)c1. The van der Waals surface area contributed by atoms with Crippen molar-refractivity contribution in [2.75, 3.05) is 19.9 Å². The number of carbonyl (C=O) groups excluding carboxylic acids is 1. The summed E-state index contributed by atoms with van der Waals surface area (Å²) in [6.07, 6.45) is 0.920. The normalized spacial score (nSPS) is 15.1. The van der Waals surface area contributed by atoms with Crippen LogP contribution in [0.15, 0.2) is 24.3 Å². The van der Waals surface area contributed by atoms with E-state index in [2.05, 4.69) is 5.32 Å². The van der Waals surface area contributed by atoms with Gasteiger partial charge in [-0.1, -0.05) is 31.2 Å². The Kier molecular flexibility index (Phi) is 7.19. The number of hydrogen-bond donors (Lipinski definition) is 4. The van der Waals surface area contributed by atoms with Crippen LogP contribution in [0.2, 0.25) is 0 Å². The highest BCUT2D eigenvalue weighted by Gasteiger charge is 2.22. The summed E-state index contributed by atoms with van der Waals surface area (Å²) in [4.78, 5) is 21.0. The molecule has 0 bridgehead atoms. The number of amides is 1. The van der Waals surface area contributed by atoms with Crippen molar-refractivity contribution in [3.63, 3.8) is 0 Å². The fourth-order valence-corrected chi connectivity index (χ4v) is 2.25. The number of rotatable bonds is 8. The van der Waals surface area contributed by atoms with Crippen LogP contribution in [0.3, 0.4) is 0 Å². The van der Waals surface area contributed by atoms with Gasteiger partial charge in [-0.3, -0.25) is 19.9 Å². The summed E-state index contributed by atoms with van der Waals surface area (Å²) in [6, 6.07) is 7.53. The summed E-state index contributed by atoms with van der Waals surface area (Å²) in [6.45, 7) is 2.63. The monoisotopic (exact) mass is 330 g/mol. The first-order valence-corrected chi connectivity index (χ1v) is 9.17. The lowest BCUT2D eigenvalue weighted by Crippen LogP contribution is -2.40. The first-order chi connectivity index (χ1) is 10.2. The van der Waals surface area contributed by atoms with Gasteiger partial charge in [0.15, 0.2) is 0 Å². The van der Waals surface area contributed by atoms with Crippen LogP contribution in [0, 0.1) is 0 Å². The number of benzene rings is 1. The second-order valence-corrected chi connectivity index (χ2v) is 7.66. The molecule has 0 aromatic heterocycles. The molecule has 22 heavy (non-hydrogen) atoms. The van der Waals surface area contributed by atoms with E-state index in [0.717, 1.165) is 24.2 Å². The molecule has 0 saturated heterocycles. The van der Waals surface area contributed by atoms with Crippen LogP contribution in [0.4, 0.5) is 0 Å². The minimum atomic E-state index is -3.60. The highest BCUT2D eigenvalue weighted by atomic mass is 31.2. The Balaban J connectivity index is 2.43. The van der Waals surface area contributed by atoms with E-state index >= 15 is 0 Å². The van der Waals surface area contributed by atoms with E-state index in [0.29, 0.717) is 5.06 Å². The van der Waals surface area contributed by atoms with Gasteiger partial charge in [-0.25, -0.2) is 5.06 Å². The fraction of sp³-hybridized carbons (Fsp3) is 0.500. The minimum Gasteiger partial charge on any atom is -0.382 e. The van der Waals surface area contributed by atoms with Crippen LogP contribution >= 0.6 is 7.37 Å². The van der Waals surface area contributed by atoms with E-state index in [1.165, 1.54) is 0 Å². The van der Waals surface area contributed by atoms with Crippen molar-refractivity contribution < 1.29 is 24.6 Å². The Bertz CT molecular complexity index is 546. The molecule has 7 nitrogen and oxygen atoms in total. The lowest BCUT2D eigenvalue weighted by molar-refractivity contribution is -0.166. The second kappa shape index (κ2) is 8.41. The average molecular weight is 330 g/mol. The van der Waals surface area contributed by atoms with E-state index in [9.17, 15) is 19.7 Å². The maximum absolute atomic E-state index is 11.9. The number of hydroxylamine groups is 2. The largest absolute Gasteiger partial charge is 0.382 e. The molecule has 8 heteroatoms. The number of aliphatic hydroxyl groups excluding tert-OH is 1. The van der Waals surface area contributed by atoms with Gasteiger partial charge < -0.3 is 10.00 Å². The number of aliphatic hydroxyl groups is 1. The molecule has 0 aliphatic carbocycles. The molecule has 0 fully saturated rings. The van der Waals surface area contributed by atoms with Gasteiger partial charge in [-0.2, -0.15) is 0 Å². The van der Waals surface area contributed by atoms with Crippen molar-refractivity contribution in [3.8, 4) is 0 Å². The van der Waals surface area contributed by atoms with Gasteiger partial charge in [0.05, 0.1) is 13.1 Å². The molecule has 4 N–H and O–H groups in total. The van der Waals surface area contributed by atoms with Gasteiger partial charge in [-0.15, -0.1) is 0 Å².